The maximum absolute atomic E-state index is 13.7. The standard InChI is InChI=1S/C18H11Cl3FN3O3/c1-9-16(17(25-27-9)15-12(20)5-2-6-13(15)21)24-18(26)28-23-8-10-11(19)4-3-7-14(10)22/h2-8H,1H3,(H,24,26)/b23-8+. The number of aromatic nitrogens is 1. The first kappa shape index (κ1) is 20.1. The van der Waals surface area contributed by atoms with Gasteiger partial charge in [-0.05, 0) is 31.2 Å². The Bertz CT molecular complexity index is 1030. The van der Waals surface area contributed by atoms with Gasteiger partial charge in [0.15, 0.2) is 5.76 Å². The summed E-state index contributed by atoms with van der Waals surface area (Å²) >= 11 is 18.2. The second-order valence-electron chi connectivity index (χ2n) is 5.43. The van der Waals surface area contributed by atoms with Crippen molar-refractivity contribution in [3.63, 3.8) is 0 Å². The van der Waals surface area contributed by atoms with Gasteiger partial charge >= 0.3 is 6.09 Å². The molecule has 6 nitrogen and oxygen atoms in total. The third kappa shape index (κ3) is 4.27. The summed E-state index contributed by atoms with van der Waals surface area (Å²) in [6, 6.07) is 9.04. The molecule has 28 heavy (non-hydrogen) atoms. The number of nitrogens with one attached hydrogen (secondary N) is 1. The van der Waals surface area contributed by atoms with Gasteiger partial charge in [0.1, 0.15) is 17.2 Å². The number of benzene rings is 2. The van der Waals surface area contributed by atoms with Crippen LogP contribution >= 0.6 is 34.8 Å². The molecule has 3 aromatic rings. The normalized spacial score (nSPS) is 11.0. The Balaban J connectivity index is 1.79. The van der Waals surface area contributed by atoms with Crippen LogP contribution < -0.4 is 5.32 Å². The van der Waals surface area contributed by atoms with Crippen molar-refractivity contribution >= 4 is 52.8 Å². The van der Waals surface area contributed by atoms with Crippen LogP contribution in [-0.4, -0.2) is 17.5 Å². The maximum Gasteiger partial charge on any atom is 0.438 e. The Morgan fingerprint density at radius 2 is 1.82 bits per heavy atom. The fraction of sp³-hybridized carbons (Fsp3) is 0.0556. The van der Waals surface area contributed by atoms with Gasteiger partial charge in [0.05, 0.1) is 26.8 Å². The Morgan fingerprint density at radius 3 is 2.50 bits per heavy atom. The SMILES string of the molecule is Cc1onc(-c2c(Cl)cccc2Cl)c1NC(=O)O/N=C/c1c(F)cccc1Cl. The van der Waals surface area contributed by atoms with Crippen molar-refractivity contribution in [3.05, 3.63) is 68.6 Å². The summed E-state index contributed by atoms with van der Waals surface area (Å²) in [6.45, 7) is 1.58. The van der Waals surface area contributed by atoms with Crippen LogP contribution in [0.1, 0.15) is 11.3 Å². The Kier molecular flexibility index (Phi) is 6.18. The number of oxime groups is 1. The van der Waals surface area contributed by atoms with E-state index in [4.69, 9.17) is 44.2 Å². The number of hydrogen-bond acceptors (Lipinski definition) is 5. The molecule has 3 rings (SSSR count). The molecule has 0 aliphatic heterocycles. The van der Waals surface area contributed by atoms with E-state index in [0.29, 0.717) is 21.4 Å². The molecule has 0 unspecified atom stereocenters. The van der Waals surface area contributed by atoms with Gasteiger partial charge in [0, 0.05) is 5.56 Å². The van der Waals surface area contributed by atoms with Crippen LogP contribution in [0.25, 0.3) is 11.3 Å². The minimum Gasteiger partial charge on any atom is -0.359 e. The first-order valence-corrected chi connectivity index (χ1v) is 8.88. The monoisotopic (exact) mass is 441 g/mol. The fourth-order valence-corrected chi connectivity index (χ4v) is 3.09. The summed E-state index contributed by atoms with van der Waals surface area (Å²) < 4.78 is 18.8. The molecule has 1 aromatic heterocycles. The number of hydrogen-bond donors (Lipinski definition) is 1. The van der Waals surface area contributed by atoms with Gasteiger partial charge in [-0.3, -0.25) is 10.2 Å². The van der Waals surface area contributed by atoms with Crippen molar-refractivity contribution in [2.75, 3.05) is 5.32 Å². The summed E-state index contributed by atoms with van der Waals surface area (Å²) in [5.74, 6) is -0.310. The molecule has 2 aromatic carbocycles. The lowest BCUT2D eigenvalue weighted by atomic mass is 10.1. The molecule has 0 saturated heterocycles. The zero-order chi connectivity index (χ0) is 20.3. The van der Waals surface area contributed by atoms with Crippen molar-refractivity contribution in [2.45, 2.75) is 6.92 Å². The lowest BCUT2D eigenvalue weighted by molar-refractivity contribution is 0.167. The molecule has 1 N–H and O–H groups in total. The smallest absolute Gasteiger partial charge is 0.359 e. The van der Waals surface area contributed by atoms with Crippen LogP contribution in [0.3, 0.4) is 0 Å². The maximum atomic E-state index is 13.7. The summed E-state index contributed by atoms with van der Waals surface area (Å²) in [7, 11) is 0. The topological polar surface area (TPSA) is 76.7 Å². The molecule has 0 radical (unpaired) electrons. The van der Waals surface area contributed by atoms with Gasteiger partial charge in [0.2, 0.25) is 0 Å². The van der Waals surface area contributed by atoms with Gasteiger partial charge in [-0.15, -0.1) is 0 Å². The van der Waals surface area contributed by atoms with Gasteiger partial charge < -0.3 is 4.52 Å². The van der Waals surface area contributed by atoms with Crippen LogP contribution in [0.5, 0.6) is 0 Å². The number of rotatable bonds is 4. The van der Waals surface area contributed by atoms with Crippen molar-refractivity contribution < 1.29 is 18.5 Å². The Hall–Kier alpha value is -2.61. The van der Waals surface area contributed by atoms with Crippen LogP contribution in [0, 0.1) is 12.7 Å². The van der Waals surface area contributed by atoms with E-state index in [0.717, 1.165) is 6.21 Å². The van der Waals surface area contributed by atoms with E-state index in [1.807, 2.05) is 0 Å². The van der Waals surface area contributed by atoms with Gasteiger partial charge in [-0.25, -0.2) is 9.18 Å². The number of aryl methyl sites for hydroxylation is 1. The molecular formula is C18H11Cl3FN3O3. The molecule has 0 spiro atoms. The highest BCUT2D eigenvalue weighted by Crippen LogP contribution is 2.39. The van der Waals surface area contributed by atoms with Crippen molar-refractivity contribution in [1.82, 2.24) is 5.16 Å². The molecule has 0 saturated carbocycles. The van der Waals surface area contributed by atoms with Crippen LogP contribution in [-0.2, 0) is 4.84 Å². The Labute approximate surface area is 173 Å². The van der Waals surface area contributed by atoms with Gasteiger partial charge in [-0.2, -0.15) is 0 Å². The zero-order valence-electron chi connectivity index (χ0n) is 14.2. The minimum atomic E-state index is -0.959. The van der Waals surface area contributed by atoms with Crippen molar-refractivity contribution in [2.24, 2.45) is 5.16 Å². The molecule has 0 atom stereocenters. The third-order valence-electron chi connectivity index (χ3n) is 3.61. The molecule has 1 heterocycles. The van der Waals surface area contributed by atoms with Gasteiger partial charge in [-0.1, -0.05) is 57.2 Å². The minimum absolute atomic E-state index is 0.0123. The highest BCUT2D eigenvalue weighted by atomic mass is 35.5. The van der Waals surface area contributed by atoms with E-state index < -0.39 is 11.9 Å². The molecule has 0 fully saturated rings. The Morgan fingerprint density at radius 1 is 1.18 bits per heavy atom. The number of carbonyl (C=O) groups is 1. The average molecular weight is 443 g/mol. The summed E-state index contributed by atoms with van der Waals surface area (Å²) in [5.41, 5.74) is 0.812. The van der Waals surface area contributed by atoms with E-state index in [2.05, 4.69) is 15.6 Å². The fourth-order valence-electron chi connectivity index (χ4n) is 2.30. The molecule has 1 amide bonds. The second-order valence-corrected chi connectivity index (χ2v) is 6.65. The van der Waals surface area contributed by atoms with Crippen molar-refractivity contribution in [3.8, 4) is 11.3 Å². The first-order chi connectivity index (χ1) is 13.4. The summed E-state index contributed by atoms with van der Waals surface area (Å²) in [4.78, 5) is 16.8. The average Bonchev–Trinajstić information content (AvgIpc) is 2.98. The summed E-state index contributed by atoms with van der Waals surface area (Å²) in [5, 5.41) is 10.6. The number of amides is 1. The zero-order valence-corrected chi connectivity index (χ0v) is 16.4. The van der Waals surface area contributed by atoms with Gasteiger partial charge in [0.25, 0.3) is 0 Å². The van der Waals surface area contributed by atoms with Crippen LogP contribution in [0.4, 0.5) is 14.9 Å². The second kappa shape index (κ2) is 8.60. The number of carbonyl (C=O) groups excluding carboxylic acids is 1. The third-order valence-corrected chi connectivity index (χ3v) is 4.57. The predicted octanol–water partition coefficient (Wildman–Crippen LogP) is 6.33. The number of anilines is 1. The highest BCUT2D eigenvalue weighted by molar-refractivity contribution is 6.39. The molecule has 0 bridgehead atoms. The van der Waals surface area contributed by atoms with Crippen molar-refractivity contribution in [1.29, 1.82) is 0 Å². The summed E-state index contributed by atoms with van der Waals surface area (Å²) in [6.07, 6.45) is 0.0308. The largest absolute Gasteiger partial charge is 0.438 e. The van der Waals surface area contributed by atoms with E-state index in [-0.39, 0.29) is 22.0 Å². The molecule has 0 aliphatic carbocycles. The predicted molar refractivity (Wildman–Crippen MR) is 106 cm³/mol. The lowest BCUT2D eigenvalue weighted by Gasteiger charge is -2.07. The highest BCUT2D eigenvalue weighted by Gasteiger charge is 2.22. The number of nitrogens with zero attached hydrogens (tertiary/aromatic N) is 2. The first-order valence-electron chi connectivity index (χ1n) is 7.74. The van der Waals surface area contributed by atoms with E-state index in [9.17, 15) is 9.18 Å². The van der Waals surface area contributed by atoms with E-state index in [1.165, 1.54) is 18.2 Å². The van der Waals surface area contributed by atoms with E-state index in [1.54, 1.807) is 25.1 Å². The quantitative estimate of drug-likeness (QED) is 0.291. The molecule has 144 valence electrons. The lowest BCUT2D eigenvalue weighted by Crippen LogP contribution is -2.12. The van der Waals surface area contributed by atoms with Crippen LogP contribution in [0.15, 0.2) is 46.1 Å². The van der Waals surface area contributed by atoms with Crippen LogP contribution in [0.2, 0.25) is 15.1 Å². The molecular weight excluding hydrogens is 432 g/mol. The molecule has 10 heteroatoms. The molecule has 0 aliphatic rings. The van der Waals surface area contributed by atoms with E-state index >= 15 is 0 Å². The number of halogens is 4.